The minimum atomic E-state index is -2.87. The molecular weight excluding hydrogens is 415 g/mol. The Hall–Kier alpha value is -0.900. The standard InChI is InChI=1S/C14H22N4O2S.HI/c1-2-16-14(18-13-6-9-21(19,20)11-13)17-8-5-12-4-3-7-15-10-12;/h3-4,7,10,13H,2,5-6,8-9,11H2,1H3,(H2,16,17,18);1H. The van der Waals surface area contributed by atoms with Crippen LogP contribution in [-0.4, -0.2) is 50.0 Å². The molecule has 0 radical (unpaired) electrons. The van der Waals surface area contributed by atoms with Gasteiger partial charge in [-0.1, -0.05) is 6.07 Å². The zero-order chi connectivity index (χ0) is 15.1. The van der Waals surface area contributed by atoms with E-state index in [4.69, 9.17) is 0 Å². The van der Waals surface area contributed by atoms with Crippen molar-refractivity contribution in [1.29, 1.82) is 0 Å². The van der Waals surface area contributed by atoms with Crippen molar-refractivity contribution in [2.45, 2.75) is 25.8 Å². The van der Waals surface area contributed by atoms with E-state index in [1.165, 1.54) is 0 Å². The van der Waals surface area contributed by atoms with Gasteiger partial charge in [-0.3, -0.25) is 9.98 Å². The van der Waals surface area contributed by atoms with Gasteiger partial charge in [-0.2, -0.15) is 0 Å². The summed E-state index contributed by atoms with van der Waals surface area (Å²) in [7, 11) is -2.87. The zero-order valence-electron chi connectivity index (χ0n) is 12.7. The van der Waals surface area contributed by atoms with E-state index >= 15 is 0 Å². The molecule has 1 saturated heterocycles. The molecule has 0 saturated carbocycles. The first-order valence-corrected chi connectivity index (χ1v) is 9.05. The van der Waals surface area contributed by atoms with Gasteiger partial charge in [0.1, 0.15) is 0 Å². The first-order chi connectivity index (χ1) is 10.1. The van der Waals surface area contributed by atoms with Crippen molar-refractivity contribution in [2.24, 2.45) is 4.99 Å². The molecule has 1 atom stereocenters. The Balaban J connectivity index is 0.00000242. The van der Waals surface area contributed by atoms with Crippen LogP contribution in [-0.2, 0) is 16.3 Å². The van der Waals surface area contributed by atoms with Crippen LogP contribution in [0.5, 0.6) is 0 Å². The van der Waals surface area contributed by atoms with Gasteiger partial charge in [0.25, 0.3) is 0 Å². The summed E-state index contributed by atoms with van der Waals surface area (Å²) in [5.74, 6) is 1.14. The van der Waals surface area contributed by atoms with Crippen LogP contribution in [0, 0.1) is 0 Å². The van der Waals surface area contributed by atoms with Gasteiger partial charge in [-0.05, 0) is 31.4 Å². The van der Waals surface area contributed by atoms with Crippen LogP contribution in [0.3, 0.4) is 0 Å². The SMILES string of the molecule is CCNC(=NCCc1cccnc1)NC1CCS(=O)(=O)C1.I. The van der Waals surface area contributed by atoms with Crippen LogP contribution in [0.4, 0.5) is 0 Å². The average Bonchev–Trinajstić information content (AvgIpc) is 2.79. The lowest BCUT2D eigenvalue weighted by atomic mass is 10.2. The number of nitrogens with one attached hydrogen (secondary N) is 2. The molecule has 1 aliphatic heterocycles. The monoisotopic (exact) mass is 438 g/mol. The lowest BCUT2D eigenvalue weighted by Gasteiger charge is -2.15. The van der Waals surface area contributed by atoms with E-state index in [1.807, 2.05) is 25.3 Å². The van der Waals surface area contributed by atoms with Crippen molar-refractivity contribution in [3.63, 3.8) is 0 Å². The van der Waals surface area contributed by atoms with Crippen molar-refractivity contribution in [3.05, 3.63) is 30.1 Å². The number of hydrogen-bond acceptors (Lipinski definition) is 4. The third-order valence-electron chi connectivity index (χ3n) is 3.31. The molecule has 0 amide bonds. The fraction of sp³-hybridized carbons (Fsp3) is 0.571. The molecule has 1 unspecified atom stereocenters. The number of aliphatic imine (C=N–C) groups is 1. The summed E-state index contributed by atoms with van der Waals surface area (Å²) >= 11 is 0. The molecule has 2 heterocycles. The quantitative estimate of drug-likeness (QED) is 0.407. The van der Waals surface area contributed by atoms with Crippen LogP contribution in [0.1, 0.15) is 18.9 Å². The van der Waals surface area contributed by atoms with E-state index in [0.29, 0.717) is 18.9 Å². The minimum Gasteiger partial charge on any atom is -0.357 e. The third-order valence-corrected chi connectivity index (χ3v) is 5.08. The van der Waals surface area contributed by atoms with Crippen molar-refractivity contribution in [1.82, 2.24) is 15.6 Å². The molecule has 1 fully saturated rings. The molecule has 0 spiro atoms. The molecule has 1 aromatic heterocycles. The molecule has 8 heteroatoms. The highest BCUT2D eigenvalue weighted by Gasteiger charge is 2.28. The van der Waals surface area contributed by atoms with E-state index in [-0.39, 0.29) is 41.5 Å². The number of nitrogens with zero attached hydrogens (tertiary/aromatic N) is 2. The molecule has 6 nitrogen and oxygen atoms in total. The van der Waals surface area contributed by atoms with Gasteiger partial charge in [0, 0.05) is 31.5 Å². The second-order valence-electron chi connectivity index (χ2n) is 5.12. The second-order valence-corrected chi connectivity index (χ2v) is 7.34. The van der Waals surface area contributed by atoms with Gasteiger partial charge in [-0.15, -0.1) is 24.0 Å². The van der Waals surface area contributed by atoms with Crippen molar-refractivity contribution in [2.75, 3.05) is 24.6 Å². The number of halogens is 1. The third kappa shape index (κ3) is 6.47. The fourth-order valence-electron chi connectivity index (χ4n) is 2.27. The molecule has 1 aromatic rings. The maximum atomic E-state index is 11.5. The van der Waals surface area contributed by atoms with Gasteiger partial charge in [0.15, 0.2) is 15.8 Å². The zero-order valence-corrected chi connectivity index (χ0v) is 15.8. The Morgan fingerprint density at radius 1 is 1.50 bits per heavy atom. The van der Waals surface area contributed by atoms with Gasteiger partial charge in [0.2, 0.25) is 0 Å². The Morgan fingerprint density at radius 3 is 2.91 bits per heavy atom. The van der Waals surface area contributed by atoms with Crippen LogP contribution >= 0.6 is 24.0 Å². The molecule has 22 heavy (non-hydrogen) atoms. The second kappa shape index (κ2) is 9.29. The Labute approximate surface area is 149 Å². The normalized spacial score (nSPS) is 20.2. The van der Waals surface area contributed by atoms with Crippen LogP contribution in [0.25, 0.3) is 0 Å². The van der Waals surface area contributed by atoms with Gasteiger partial charge in [0.05, 0.1) is 11.5 Å². The molecule has 0 aromatic carbocycles. The van der Waals surface area contributed by atoms with Crippen LogP contribution in [0.15, 0.2) is 29.5 Å². The minimum absolute atomic E-state index is 0. The highest BCUT2D eigenvalue weighted by Crippen LogP contribution is 2.10. The topological polar surface area (TPSA) is 83.4 Å². The summed E-state index contributed by atoms with van der Waals surface area (Å²) in [5, 5.41) is 6.35. The number of rotatable bonds is 5. The van der Waals surface area contributed by atoms with Gasteiger partial charge in [-0.25, -0.2) is 8.42 Å². The van der Waals surface area contributed by atoms with Crippen molar-refractivity contribution in [3.8, 4) is 0 Å². The molecule has 0 aliphatic carbocycles. The van der Waals surface area contributed by atoms with Crippen LogP contribution < -0.4 is 10.6 Å². The Kier molecular flexibility index (Phi) is 8.08. The smallest absolute Gasteiger partial charge is 0.191 e. The maximum absolute atomic E-state index is 11.5. The molecule has 124 valence electrons. The highest BCUT2D eigenvalue weighted by atomic mass is 127. The van der Waals surface area contributed by atoms with Crippen molar-refractivity contribution >= 4 is 39.8 Å². The summed E-state index contributed by atoms with van der Waals surface area (Å²) in [4.78, 5) is 8.56. The van der Waals surface area contributed by atoms with E-state index in [9.17, 15) is 8.42 Å². The number of aromatic nitrogens is 1. The molecule has 1 aliphatic rings. The summed E-state index contributed by atoms with van der Waals surface area (Å²) in [6, 6.07) is 3.89. The van der Waals surface area contributed by atoms with Gasteiger partial charge < -0.3 is 10.6 Å². The van der Waals surface area contributed by atoms with E-state index in [1.54, 1.807) is 6.20 Å². The predicted octanol–water partition coefficient (Wildman–Crippen LogP) is 0.984. The Bertz CT molecular complexity index is 578. The summed E-state index contributed by atoms with van der Waals surface area (Å²) < 4.78 is 22.9. The van der Waals surface area contributed by atoms with E-state index in [2.05, 4.69) is 20.6 Å². The molecular formula is C14H23IN4O2S. The lowest BCUT2D eigenvalue weighted by molar-refractivity contribution is 0.599. The van der Waals surface area contributed by atoms with E-state index < -0.39 is 9.84 Å². The summed E-state index contributed by atoms with van der Waals surface area (Å²) in [6.45, 7) is 3.38. The number of hydrogen-bond donors (Lipinski definition) is 2. The summed E-state index contributed by atoms with van der Waals surface area (Å²) in [6.07, 6.45) is 5.04. The lowest BCUT2D eigenvalue weighted by Crippen LogP contribution is -2.44. The van der Waals surface area contributed by atoms with Gasteiger partial charge >= 0.3 is 0 Å². The van der Waals surface area contributed by atoms with Crippen molar-refractivity contribution < 1.29 is 8.42 Å². The highest BCUT2D eigenvalue weighted by molar-refractivity contribution is 14.0. The number of sulfone groups is 1. The first-order valence-electron chi connectivity index (χ1n) is 7.23. The van der Waals surface area contributed by atoms with Crippen LogP contribution in [0.2, 0.25) is 0 Å². The average molecular weight is 438 g/mol. The molecule has 2 N–H and O–H groups in total. The fourth-order valence-corrected chi connectivity index (χ4v) is 3.94. The molecule has 2 rings (SSSR count). The predicted molar refractivity (Wildman–Crippen MR) is 99.5 cm³/mol. The Morgan fingerprint density at radius 2 is 2.32 bits per heavy atom. The summed E-state index contributed by atoms with van der Waals surface area (Å²) in [5.41, 5.74) is 1.14. The maximum Gasteiger partial charge on any atom is 0.191 e. The molecule has 0 bridgehead atoms. The number of pyridine rings is 1. The van der Waals surface area contributed by atoms with E-state index in [0.717, 1.165) is 18.5 Å². The largest absolute Gasteiger partial charge is 0.357 e. The first kappa shape index (κ1) is 19.1. The number of guanidine groups is 1.